The largest absolute Gasteiger partial charge is 0.343 e. The summed E-state index contributed by atoms with van der Waals surface area (Å²) in [4.78, 5) is 34.4. The molecule has 3 saturated heterocycles. The Bertz CT molecular complexity index is 1060. The van der Waals surface area contributed by atoms with Gasteiger partial charge in [-0.3, -0.25) is 19.9 Å². The van der Waals surface area contributed by atoms with Gasteiger partial charge in [0.25, 0.3) is 5.91 Å². The standard InChI is InChI=1S/C24H28ClN5O2/c1-15-12-28(19-10-6-9-18(25)11-19)23-26-21-20(29(23)13-15)22(31)30(24(32)27(21)3)14-17-8-5-4-7-16(17)2/h4-11,15,20-21,23,26H,12-14H2,1-3H3. The van der Waals surface area contributed by atoms with Crippen LogP contribution in [-0.4, -0.2) is 65.3 Å². The lowest BCUT2D eigenvalue weighted by atomic mass is 10.0. The van der Waals surface area contributed by atoms with E-state index >= 15 is 0 Å². The van der Waals surface area contributed by atoms with Crippen molar-refractivity contribution in [2.24, 2.45) is 5.92 Å². The Hall–Kier alpha value is -2.61. The van der Waals surface area contributed by atoms with Crippen LogP contribution in [0.3, 0.4) is 0 Å². The van der Waals surface area contributed by atoms with Crippen LogP contribution in [0.1, 0.15) is 18.1 Å². The molecular weight excluding hydrogens is 426 g/mol. The third kappa shape index (κ3) is 3.45. The van der Waals surface area contributed by atoms with Gasteiger partial charge in [0.15, 0.2) is 0 Å². The number of nitrogens with one attached hydrogen (secondary N) is 1. The van der Waals surface area contributed by atoms with Crippen molar-refractivity contribution in [3.8, 4) is 0 Å². The number of halogens is 1. The van der Waals surface area contributed by atoms with E-state index in [1.54, 1.807) is 11.9 Å². The van der Waals surface area contributed by atoms with Gasteiger partial charge in [0.2, 0.25) is 0 Å². The molecule has 0 aliphatic carbocycles. The van der Waals surface area contributed by atoms with Crippen molar-refractivity contribution in [1.29, 1.82) is 0 Å². The first-order valence-corrected chi connectivity index (χ1v) is 11.4. The molecule has 0 saturated carbocycles. The van der Waals surface area contributed by atoms with E-state index in [-0.39, 0.29) is 30.9 Å². The van der Waals surface area contributed by atoms with Crippen LogP contribution in [0.2, 0.25) is 5.02 Å². The summed E-state index contributed by atoms with van der Waals surface area (Å²) in [5.41, 5.74) is 3.05. The second-order valence-electron chi connectivity index (χ2n) is 9.11. The summed E-state index contributed by atoms with van der Waals surface area (Å²) in [5, 5.41) is 4.23. The summed E-state index contributed by atoms with van der Waals surface area (Å²) >= 11 is 6.27. The van der Waals surface area contributed by atoms with E-state index in [0.29, 0.717) is 10.9 Å². The lowest BCUT2D eigenvalue weighted by molar-refractivity contribution is -0.139. The van der Waals surface area contributed by atoms with Crippen LogP contribution in [0.15, 0.2) is 48.5 Å². The van der Waals surface area contributed by atoms with Crippen LogP contribution in [0.4, 0.5) is 10.5 Å². The molecule has 5 rings (SSSR count). The molecule has 0 bridgehead atoms. The van der Waals surface area contributed by atoms with E-state index in [9.17, 15) is 9.59 Å². The molecule has 3 aliphatic rings. The quantitative estimate of drug-likeness (QED) is 0.774. The SMILES string of the molecule is Cc1ccccc1CN1C(=O)C2C(NC3N(c4cccc(Cl)c4)CC(C)CN23)N(C)C1=O. The number of hydrogen-bond donors (Lipinski definition) is 1. The van der Waals surface area contributed by atoms with Gasteiger partial charge in [0, 0.05) is 30.8 Å². The van der Waals surface area contributed by atoms with Crippen LogP contribution < -0.4 is 10.2 Å². The minimum absolute atomic E-state index is 0.142. The molecule has 0 radical (unpaired) electrons. The van der Waals surface area contributed by atoms with Gasteiger partial charge in [-0.15, -0.1) is 0 Å². The van der Waals surface area contributed by atoms with Crippen molar-refractivity contribution in [1.82, 2.24) is 20.0 Å². The Labute approximate surface area is 193 Å². The number of nitrogens with zero attached hydrogens (tertiary/aromatic N) is 4. The number of carbonyl (C=O) groups is 2. The van der Waals surface area contributed by atoms with E-state index in [1.165, 1.54) is 4.90 Å². The van der Waals surface area contributed by atoms with Gasteiger partial charge in [-0.1, -0.05) is 48.9 Å². The molecule has 2 aromatic carbocycles. The number of anilines is 1. The molecule has 4 unspecified atom stereocenters. The molecule has 32 heavy (non-hydrogen) atoms. The molecule has 2 aromatic rings. The lowest BCUT2D eigenvalue weighted by Crippen LogP contribution is -2.66. The number of rotatable bonds is 3. The topological polar surface area (TPSA) is 59.1 Å². The molecule has 1 N–H and O–H groups in total. The van der Waals surface area contributed by atoms with E-state index < -0.39 is 6.04 Å². The molecule has 0 aromatic heterocycles. The van der Waals surface area contributed by atoms with Gasteiger partial charge in [-0.25, -0.2) is 4.79 Å². The number of likely N-dealkylation sites (N-methyl/N-ethyl adjacent to an activating group) is 1. The van der Waals surface area contributed by atoms with Crippen molar-refractivity contribution in [2.45, 2.75) is 38.9 Å². The fourth-order valence-electron chi connectivity index (χ4n) is 5.18. The predicted molar refractivity (Wildman–Crippen MR) is 124 cm³/mol. The lowest BCUT2D eigenvalue weighted by Gasteiger charge is -2.46. The van der Waals surface area contributed by atoms with Crippen LogP contribution >= 0.6 is 11.6 Å². The third-order valence-electron chi connectivity index (χ3n) is 6.81. The molecule has 8 heteroatoms. The van der Waals surface area contributed by atoms with E-state index in [0.717, 1.165) is 29.9 Å². The molecule has 3 fully saturated rings. The summed E-state index contributed by atoms with van der Waals surface area (Å²) in [6.45, 7) is 6.09. The van der Waals surface area contributed by atoms with Crippen molar-refractivity contribution in [2.75, 3.05) is 25.0 Å². The average molecular weight is 454 g/mol. The summed E-state index contributed by atoms with van der Waals surface area (Å²) in [6.07, 6.45) is -0.558. The number of aryl methyl sites for hydroxylation is 1. The summed E-state index contributed by atoms with van der Waals surface area (Å²) in [5.74, 6) is 0.211. The maximum atomic E-state index is 13.7. The van der Waals surface area contributed by atoms with Crippen molar-refractivity contribution in [3.05, 3.63) is 64.7 Å². The Morgan fingerprint density at radius 3 is 2.62 bits per heavy atom. The number of urea groups is 1. The number of carbonyl (C=O) groups excluding carboxylic acids is 2. The van der Waals surface area contributed by atoms with Crippen molar-refractivity contribution < 1.29 is 9.59 Å². The monoisotopic (exact) mass is 453 g/mol. The Morgan fingerprint density at radius 2 is 1.88 bits per heavy atom. The molecule has 4 atom stereocenters. The van der Waals surface area contributed by atoms with Crippen LogP contribution in [-0.2, 0) is 11.3 Å². The van der Waals surface area contributed by atoms with Gasteiger partial charge in [-0.05, 0) is 42.2 Å². The number of benzene rings is 2. The van der Waals surface area contributed by atoms with Gasteiger partial charge in [-0.2, -0.15) is 0 Å². The van der Waals surface area contributed by atoms with Gasteiger partial charge in [0.05, 0.1) is 6.54 Å². The van der Waals surface area contributed by atoms with E-state index in [1.807, 2.05) is 55.5 Å². The molecular formula is C24H28ClN5O2. The zero-order valence-electron chi connectivity index (χ0n) is 18.5. The zero-order chi connectivity index (χ0) is 22.6. The highest BCUT2D eigenvalue weighted by atomic mass is 35.5. The highest BCUT2D eigenvalue weighted by Crippen LogP contribution is 2.35. The highest BCUT2D eigenvalue weighted by Gasteiger charge is 2.56. The predicted octanol–water partition coefficient (Wildman–Crippen LogP) is 3.08. The first kappa shape index (κ1) is 21.2. The van der Waals surface area contributed by atoms with Crippen LogP contribution in [0.25, 0.3) is 0 Å². The summed E-state index contributed by atoms with van der Waals surface area (Å²) < 4.78 is 0. The molecule has 0 spiro atoms. The normalized spacial score (nSPS) is 28.2. The molecule has 3 amide bonds. The molecule has 168 valence electrons. The highest BCUT2D eigenvalue weighted by molar-refractivity contribution is 6.30. The van der Waals surface area contributed by atoms with Crippen LogP contribution in [0.5, 0.6) is 0 Å². The summed E-state index contributed by atoms with van der Waals surface area (Å²) in [6, 6.07) is 15.0. The molecule has 7 nitrogen and oxygen atoms in total. The van der Waals surface area contributed by atoms with Crippen molar-refractivity contribution in [3.63, 3.8) is 0 Å². The Balaban J connectivity index is 1.47. The van der Waals surface area contributed by atoms with Gasteiger partial charge in [0.1, 0.15) is 18.5 Å². The average Bonchev–Trinajstić information content (AvgIpc) is 3.15. The maximum Gasteiger partial charge on any atom is 0.328 e. The second kappa shape index (κ2) is 8.06. The first-order valence-electron chi connectivity index (χ1n) is 11.0. The van der Waals surface area contributed by atoms with Gasteiger partial charge >= 0.3 is 6.03 Å². The number of fused-ring (bicyclic) bond motifs is 3. The second-order valence-corrected chi connectivity index (χ2v) is 9.54. The van der Waals surface area contributed by atoms with E-state index in [4.69, 9.17) is 11.6 Å². The van der Waals surface area contributed by atoms with Gasteiger partial charge < -0.3 is 9.80 Å². The van der Waals surface area contributed by atoms with Crippen LogP contribution in [0, 0.1) is 12.8 Å². The van der Waals surface area contributed by atoms with E-state index in [2.05, 4.69) is 22.0 Å². The fourth-order valence-corrected chi connectivity index (χ4v) is 5.36. The third-order valence-corrected chi connectivity index (χ3v) is 7.05. The van der Waals surface area contributed by atoms with Crippen molar-refractivity contribution >= 4 is 29.2 Å². The smallest absolute Gasteiger partial charge is 0.328 e. The first-order chi connectivity index (χ1) is 15.3. The fraction of sp³-hybridized carbons (Fsp3) is 0.417. The number of hydrogen-bond acceptors (Lipinski definition) is 5. The maximum absolute atomic E-state index is 13.7. The number of amides is 3. The molecule has 3 heterocycles. The summed E-state index contributed by atoms with van der Waals surface area (Å²) in [7, 11) is 1.77. The molecule has 3 aliphatic heterocycles. The number of imide groups is 1. The Morgan fingerprint density at radius 1 is 1.09 bits per heavy atom. The Kier molecular flexibility index (Phi) is 5.35. The minimum atomic E-state index is -0.434. The zero-order valence-corrected chi connectivity index (χ0v) is 19.3. The minimum Gasteiger partial charge on any atom is -0.343 e.